The van der Waals surface area contributed by atoms with Crippen molar-refractivity contribution < 1.29 is 9.53 Å². The minimum absolute atomic E-state index is 0.239. The molecule has 0 saturated carbocycles. The fourth-order valence-electron chi connectivity index (χ4n) is 3.03. The van der Waals surface area contributed by atoms with Gasteiger partial charge in [-0.25, -0.2) is 4.79 Å². The van der Waals surface area contributed by atoms with Crippen molar-refractivity contribution in [2.24, 2.45) is 11.8 Å². The molecule has 1 rings (SSSR count). The van der Waals surface area contributed by atoms with E-state index in [0.29, 0.717) is 18.4 Å². The predicted molar refractivity (Wildman–Crippen MR) is 78.2 cm³/mol. The third-order valence-electron chi connectivity index (χ3n) is 3.53. The summed E-state index contributed by atoms with van der Waals surface area (Å²) < 4.78 is 4.99. The van der Waals surface area contributed by atoms with Crippen LogP contribution in [0.5, 0.6) is 0 Å². The van der Waals surface area contributed by atoms with Gasteiger partial charge in [0.1, 0.15) is 0 Å². The topological polar surface area (TPSA) is 41.6 Å². The first-order valence-corrected chi connectivity index (χ1v) is 7.70. The smallest absolute Gasteiger partial charge is 0.407 e. The summed E-state index contributed by atoms with van der Waals surface area (Å²) in [5, 5.41) is 3.01. The van der Waals surface area contributed by atoms with E-state index >= 15 is 0 Å². The van der Waals surface area contributed by atoms with Crippen molar-refractivity contribution in [1.82, 2.24) is 10.2 Å². The average Bonchev–Trinajstić information content (AvgIpc) is 2.28. The maximum atomic E-state index is 11.6. The van der Waals surface area contributed by atoms with Crippen molar-refractivity contribution in [1.29, 1.82) is 0 Å². The molecule has 0 spiro atoms. The van der Waals surface area contributed by atoms with Crippen LogP contribution in [-0.4, -0.2) is 43.3 Å². The van der Waals surface area contributed by atoms with Crippen molar-refractivity contribution in [2.75, 3.05) is 26.2 Å². The second-order valence-corrected chi connectivity index (χ2v) is 6.06. The molecule has 0 bridgehead atoms. The number of alkyl carbamates (subject to hydrolysis) is 1. The van der Waals surface area contributed by atoms with E-state index in [1.807, 2.05) is 6.92 Å². The number of hydrogen-bond donors (Lipinski definition) is 1. The minimum Gasteiger partial charge on any atom is -0.450 e. The Labute approximate surface area is 117 Å². The highest BCUT2D eigenvalue weighted by Gasteiger charge is 2.28. The molecule has 4 heteroatoms. The number of hydrogen-bond acceptors (Lipinski definition) is 3. The van der Waals surface area contributed by atoms with E-state index in [1.165, 1.54) is 19.4 Å². The average molecular weight is 270 g/mol. The summed E-state index contributed by atoms with van der Waals surface area (Å²) in [6.07, 6.45) is 3.28. The molecule has 1 fully saturated rings. The third-order valence-corrected chi connectivity index (χ3v) is 3.53. The van der Waals surface area contributed by atoms with E-state index in [4.69, 9.17) is 4.74 Å². The number of amides is 1. The Balaban J connectivity index is 2.51. The van der Waals surface area contributed by atoms with Gasteiger partial charge in [0, 0.05) is 25.7 Å². The molecular formula is C15H30N2O2. The lowest BCUT2D eigenvalue weighted by molar-refractivity contribution is 0.107. The van der Waals surface area contributed by atoms with Crippen LogP contribution in [0.3, 0.4) is 0 Å². The molecule has 1 aliphatic rings. The van der Waals surface area contributed by atoms with Crippen molar-refractivity contribution in [2.45, 2.75) is 53.0 Å². The van der Waals surface area contributed by atoms with Crippen LogP contribution in [-0.2, 0) is 4.74 Å². The van der Waals surface area contributed by atoms with Gasteiger partial charge in [-0.2, -0.15) is 0 Å². The second-order valence-electron chi connectivity index (χ2n) is 6.06. The molecule has 2 atom stereocenters. The molecule has 0 aromatic heterocycles. The predicted octanol–water partition coefficient (Wildman–Crippen LogP) is 2.88. The lowest BCUT2D eigenvalue weighted by atomic mass is 9.90. The number of carbonyl (C=O) groups excluding carboxylic acids is 1. The third kappa shape index (κ3) is 6.28. The largest absolute Gasteiger partial charge is 0.450 e. The first-order valence-electron chi connectivity index (χ1n) is 7.70. The highest BCUT2D eigenvalue weighted by molar-refractivity contribution is 5.67. The molecule has 1 aliphatic heterocycles. The number of piperidine rings is 1. The fraction of sp³-hybridized carbons (Fsp3) is 0.933. The summed E-state index contributed by atoms with van der Waals surface area (Å²) in [4.78, 5) is 14.0. The van der Waals surface area contributed by atoms with E-state index in [9.17, 15) is 4.79 Å². The summed E-state index contributed by atoms with van der Waals surface area (Å²) in [6.45, 7) is 12.2. The maximum Gasteiger partial charge on any atom is 0.407 e. The van der Waals surface area contributed by atoms with Crippen LogP contribution in [0.15, 0.2) is 0 Å². The summed E-state index contributed by atoms with van der Waals surface area (Å²) in [6, 6.07) is 0.239. The molecule has 1 amide bonds. The van der Waals surface area contributed by atoms with Crippen LogP contribution >= 0.6 is 0 Å². The molecule has 0 aromatic carbocycles. The molecule has 112 valence electrons. The lowest BCUT2D eigenvalue weighted by Gasteiger charge is -2.38. The molecule has 19 heavy (non-hydrogen) atoms. The summed E-state index contributed by atoms with van der Waals surface area (Å²) in [5.41, 5.74) is 0. The van der Waals surface area contributed by atoms with E-state index in [-0.39, 0.29) is 12.1 Å². The SMILES string of the molecule is CCCC1CC(NC(=O)OCC)CN(CC(C)C)C1. The van der Waals surface area contributed by atoms with Crippen LogP contribution in [0.4, 0.5) is 4.79 Å². The summed E-state index contributed by atoms with van der Waals surface area (Å²) >= 11 is 0. The second kappa shape index (κ2) is 8.41. The summed E-state index contributed by atoms with van der Waals surface area (Å²) in [7, 11) is 0. The van der Waals surface area contributed by atoms with Gasteiger partial charge in [0.2, 0.25) is 0 Å². The zero-order chi connectivity index (χ0) is 14.3. The van der Waals surface area contributed by atoms with E-state index in [0.717, 1.165) is 19.5 Å². The van der Waals surface area contributed by atoms with Gasteiger partial charge in [-0.1, -0.05) is 27.2 Å². The number of nitrogens with zero attached hydrogens (tertiary/aromatic N) is 1. The molecule has 0 radical (unpaired) electrons. The standard InChI is InChI=1S/C15H30N2O2/c1-5-7-13-8-14(16-15(18)19-6-2)11-17(10-13)9-12(3)4/h12-14H,5-11H2,1-4H3,(H,16,18). The molecule has 2 unspecified atom stereocenters. The Hall–Kier alpha value is -0.770. The Morgan fingerprint density at radius 1 is 1.37 bits per heavy atom. The molecule has 1 saturated heterocycles. The molecule has 1 heterocycles. The Kier molecular flexibility index (Phi) is 7.21. The fourth-order valence-corrected chi connectivity index (χ4v) is 3.03. The van der Waals surface area contributed by atoms with Gasteiger partial charge in [0.05, 0.1) is 6.61 Å². The highest BCUT2D eigenvalue weighted by atomic mass is 16.5. The van der Waals surface area contributed by atoms with Gasteiger partial charge >= 0.3 is 6.09 Å². The molecular weight excluding hydrogens is 240 g/mol. The molecule has 1 N–H and O–H groups in total. The van der Waals surface area contributed by atoms with Crippen LogP contribution in [0.2, 0.25) is 0 Å². The lowest BCUT2D eigenvalue weighted by Crippen LogP contribution is -2.51. The quantitative estimate of drug-likeness (QED) is 0.807. The number of carbonyl (C=O) groups is 1. The van der Waals surface area contributed by atoms with Gasteiger partial charge < -0.3 is 15.0 Å². The zero-order valence-electron chi connectivity index (χ0n) is 12.9. The van der Waals surface area contributed by atoms with Crippen molar-refractivity contribution in [3.05, 3.63) is 0 Å². The molecule has 4 nitrogen and oxygen atoms in total. The zero-order valence-corrected chi connectivity index (χ0v) is 12.9. The molecule has 0 aromatic rings. The van der Waals surface area contributed by atoms with Crippen LogP contribution in [0, 0.1) is 11.8 Å². The van der Waals surface area contributed by atoms with Crippen LogP contribution in [0.1, 0.15) is 47.0 Å². The first kappa shape index (κ1) is 16.3. The number of nitrogens with one attached hydrogen (secondary N) is 1. The summed E-state index contributed by atoms with van der Waals surface area (Å²) in [5.74, 6) is 1.37. The maximum absolute atomic E-state index is 11.6. The monoisotopic (exact) mass is 270 g/mol. The van der Waals surface area contributed by atoms with Gasteiger partial charge in [-0.3, -0.25) is 0 Å². The highest BCUT2D eigenvalue weighted by Crippen LogP contribution is 2.22. The Morgan fingerprint density at radius 2 is 2.11 bits per heavy atom. The van der Waals surface area contributed by atoms with Crippen LogP contribution in [0.25, 0.3) is 0 Å². The van der Waals surface area contributed by atoms with Crippen molar-refractivity contribution in [3.8, 4) is 0 Å². The number of likely N-dealkylation sites (tertiary alicyclic amines) is 1. The van der Waals surface area contributed by atoms with Gasteiger partial charge in [-0.05, 0) is 31.6 Å². The van der Waals surface area contributed by atoms with Crippen molar-refractivity contribution >= 4 is 6.09 Å². The van der Waals surface area contributed by atoms with Gasteiger partial charge in [0.25, 0.3) is 0 Å². The van der Waals surface area contributed by atoms with Gasteiger partial charge in [0.15, 0.2) is 0 Å². The van der Waals surface area contributed by atoms with E-state index in [1.54, 1.807) is 0 Å². The minimum atomic E-state index is -0.269. The Morgan fingerprint density at radius 3 is 2.68 bits per heavy atom. The number of ether oxygens (including phenoxy) is 1. The van der Waals surface area contributed by atoms with E-state index < -0.39 is 0 Å². The Bertz CT molecular complexity index is 269. The first-order chi connectivity index (χ1) is 9.05. The van der Waals surface area contributed by atoms with Crippen LogP contribution < -0.4 is 5.32 Å². The number of rotatable bonds is 6. The van der Waals surface area contributed by atoms with Gasteiger partial charge in [-0.15, -0.1) is 0 Å². The van der Waals surface area contributed by atoms with Crippen molar-refractivity contribution in [3.63, 3.8) is 0 Å². The normalized spacial score (nSPS) is 24.5. The molecule has 0 aliphatic carbocycles. The van der Waals surface area contributed by atoms with E-state index in [2.05, 4.69) is 31.0 Å².